The van der Waals surface area contributed by atoms with Crippen LogP contribution < -0.4 is 14.4 Å². The van der Waals surface area contributed by atoms with Crippen LogP contribution in [0.15, 0.2) is 78.9 Å². The average Bonchev–Trinajstić information content (AvgIpc) is 2.84. The lowest BCUT2D eigenvalue weighted by Gasteiger charge is -2.37. The van der Waals surface area contributed by atoms with Crippen LogP contribution in [-0.2, 0) is 0 Å². The third kappa shape index (κ3) is 5.36. The van der Waals surface area contributed by atoms with E-state index in [0.717, 1.165) is 56.1 Å². The maximum Gasteiger partial charge on any atom is 0.165 e. The zero-order valence-corrected chi connectivity index (χ0v) is 17.9. The van der Waals surface area contributed by atoms with Gasteiger partial charge in [-0.05, 0) is 29.8 Å². The van der Waals surface area contributed by atoms with Gasteiger partial charge in [-0.1, -0.05) is 54.6 Å². The fourth-order valence-corrected chi connectivity index (χ4v) is 4.06. The van der Waals surface area contributed by atoms with Crippen molar-refractivity contribution >= 4 is 5.69 Å². The highest BCUT2D eigenvalue weighted by Crippen LogP contribution is 2.30. The van der Waals surface area contributed by atoms with E-state index in [0.29, 0.717) is 5.75 Å². The summed E-state index contributed by atoms with van der Waals surface area (Å²) in [6, 6.07) is 24.9. The van der Waals surface area contributed by atoms with E-state index in [2.05, 4.69) is 21.9 Å². The monoisotopic (exact) mass is 420 g/mol. The molecule has 0 amide bonds. The highest BCUT2D eigenvalue weighted by atomic mass is 19.1. The Morgan fingerprint density at radius 3 is 2.16 bits per heavy atom. The van der Waals surface area contributed by atoms with E-state index in [4.69, 9.17) is 9.47 Å². The molecular formula is C26H29FN2O2. The van der Waals surface area contributed by atoms with Gasteiger partial charge in [-0.3, -0.25) is 4.90 Å². The van der Waals surface area contributed by atoms with Crippen molar-refractivity contribution in [1.29, 1.82) is 0 Å². The van der Waals surface area contributed by atoms with Crippen molar-refractivity contribution in [1.82, 2.24) is 4.90 Å². The van der Waals surface area contributed by atoms with Crippen molar-refractivity contribution in [3.8, 4) is 11.5 Å². The second kappa shape index (κ2) is 10.3. The number of hydrogen-bond acceptors (Lipinski definition) is 4. The number of hydrogen-bond donors (Lipinski definition) is 0. The van der Waals surface area contributed by atoms with Gasteiger partial charge in [0.2, 0.25) is 0 Å². The van der Waals surface area contributed by atoms with Crippen molar-refractivity contribution in [2.24, 2.45) is 0 Å². The second-order valence-electron chi connectivity index (χ2n) is 7.74. The zero-order valence-electron chi connectivity index (χ0n) is 17.9. The number of anilines is 1. The summed E-state index contributed by atoms with van der Waals surface area (Å²) < 4.78 is 25.8. The molecule has 3 aromatic carbocycles. The fraction of sp³-hybridized carbons (Fsp3) is 0.308. The summed E-state index contributed by atoms with van der Waals surface area (Å²) in [4.78, 5) is 4.83. The maximum absolute atomic E-state index is 14.2. The van der Waals surface area contributed by atoms with Crippen LogP contribution in [0.4, 0.5) is 10.1 Å². The van der Waals surface area contributed by atoms with Crippen molar-refractivity contribution in [3.05, 3.63) is 90.2 Å². The van der Waals surface area contributed by atoms with Gasteiger partial charge >= 0.3 is 0 Å². The highest BCUT2D eigenvalue weighted by molar-refractivity contribution is 5.58. The molecule has 0 bridgehead atoms. The summed E-state index contributed by atoms with van der Waals surface area (Å²) in [5, 5.41) is 0. The Balaban J connectivity index is 1.37. The van der Waals surface area contributed by atoms with Gasteiger partial charge in [-0.2, -0.15) is 0 Å². The molecule has 31 heavy (non-hydrogen) atoms. The van der Waals surface area contributed by atoms with Crippen molar-refractivity contribution in [3.63, 3.8) is 0 Å². The van der Waals surface area contributed by atoms with Gasteiger partial charge in [-0.25, -0.2) is 4.39 Å². The van der Waals surface area contributed by atoms with Crippen molar-refractivity contribution in [2.75, 3.05) is 44.7 Å². The summed E-state index contributed by atoms with van der Waals surface area (Å²) in [7, 11) is 1.72. The van der Waals surface area contributed by atoms with Crippen LogP contribution in [0.1, 0.15) is 18.1 Å². The molecule has 1 atom stereocenters. The summed E-state index contributed by atoms with van der Waals surface area (Å²) in [5.41, 5.74) is 2.22. The Kier molecular flexibility index (Phi) is 7.05. The average molecular weight is 421 g/mol. The second-order valence-corrected chi connectivity index (χ2v) is 7.74. The van der Waals surface area contributed by atoms with E-state index in [1.165, 1.54) is 6.07 Å². The molecule has 0 N–H and O–H groups in total. The first kappa shape index (κ1) is 21.2. The lowest BCUT2D eigenvalue weighted by molar-refractivity contribution is 0.155. The molecule has 4 nitrogen and oxygen atoms in total. The molecule has 5 heteroatoms. The van der Waals surface area contributed by atoms with Crippen LogP contribution in [0.25, 0.3) is 0 Å². The van der Waals surface area contributed by atoms with E-state index in [9.17, 15) is 4.39 Å². The molecule has 4 rings (SSSR count). The zero-order chi connectivity index (χ0) is 21.5. The third-order valence-corrected chi connectivity index (χ3v) is 5.78. The Labute approximate surface area is 183 Å². The van der Waals surface area contributed by atoms with E-state index >= 15 is 0 Å². The maximum atomic E-state index is 14.2. The van der Waals surface area contributed by atoms with Crippen LogP contribution in [0, 0.1) is 5.82 Å². The minimum Gasteiger partial charge on any atom is -0.495 e. The van der Waals surface area contributed by atoms with Crippen LogP contribution >= 0.6 is 0 Å². The predicted octanol–water partition coefficient (Wildman–Crippen LogP) is 5.17. The molecule has 3 aromatic rings. The molecular weight excluding hydrogens is 391 g/mol. The molecule has 1 heterocycles. The number of ether oxygens (including phenoxy) is 2. The van der Waals surface area contributed by atoms with Gasteiger partial charge in [0.25, 0.3) is 0 Å². The number of nitrogens with zero attached hydrogens (tertiary/aromatic N) is 2. The highest BCUT2D eigenvalue weighted by Gasteiger charge is 2.22. The van der Waals surface area contributed by atoms with E-state index in [1.807, 2.05) is 42.5 Å². The van der Waals surface area contributed by atoms with Gasteiger partial charge in [0.1, 0.15) is 11.9 Å². The molecule has 1 aliphatic heterocycles. The molecule has 0 aliphatic carbocycles. The van der Waals surface area contributed by atoms with Crippen LogP contribution in [-0.4, -0.2) is 44.7 Å². The van der Waals surface area contributed by atoms with Gasteiger partial charge < -0.3 is 14.4 Å². The Morgan fingerprint density at radius 1 is 0.806 bits per heavy atom. The van der Waals surface area contributed by atoms with Crippen LogP contribution in [0.5, 0.6) is 11.5 Å². The first-order valence-corrected chi connectivity index (χ1v) is 10.8. The number of piperazine rings is 1. The van der Waals surface area contributed by atoms with Gasteiger partial charge in [-0.15, -0.1) is 0 Å². The predicted molar refractivity (Wildman–Crippen MR) is 122 cm³/mol. The minimum atomic E-state index is -0.325. The van der Waals surface area contributed by atoms with E-state index < -0.39 is 0 Å². The molecule has 0 saturated carbocycles. The summed E-state index contributed by atoms with van der Waals surface area (Å²) in [6.07, 6.45) is 0.609. The smallest absolute Gasteiger partial charge is 0.165 e. The quantitative estimate of drug-likeness (QED) is 0.502. The Morgan fingerprint density at radius 2 is 1.45 bits per heavy atom. The molecule has 0 unspecified atom stereocenters. The standard InChI is InChI=1S/C26H29FN2O2/c1-30-26-14-8-6-12-23(26)29-19-17-28(18-20-29)16-15-24(21-9-3-2-4-10-21)31-25-13-7-5-11-22(25)27/h2-14,24H,15-20H2,1H3/t24-/m0/s1. The summed E-state index contributed by atoms with van der Waals surface area (Å²) in [5.74, 6) is 0.893. The SMILES string of the molecule is COc1ccccc1N1CCN(CC[C@H](Oc2ccccc2F)c2ccccc2)CC1. The van der Waals surface area contributed by atoms with Crippen LogP contribution in [0.2, 0.25) is 0 Å². The number of methoxy groups -OCH3 is 1. The minimum absolute atomic E-state index is 0.189. The number of halogens is 1. The van der Waals surface area contributed by atoms with Gasteiger partial charge in [0, 0.05) is 39.1 Å². The molecule has 1 fully saturated rings. The molecule has 0 aromatic heterocycles. The molecule has 1 saturated heterocycles. The number of para-hydroxylation sites is 3. The summed E-state index contributed by atoms with van der Waals surface area (Å²) in [6.45, 7) is 4.74. The van der Waals surface area contributed by atoms with E-state index in [1.54, 1.807) is 25.3 Å². The topological polar surface area (TPSA) is 24.9 Å². The fourth-order valence-electron chi connectivity index (χ4n) is 4.06. The number of benzene rings is 3. The molecule has 0 spiro atoms. The largest absolute Gasteiger partial charge is 0.495 e. The molecule has 162 valence electrons. The molecule has 0 radical (unpaired) electrons. The first-order chi connectivity index (χ1) is 15.2. The third-order valence-electron chi connectivity index (χ3n) is 5.78. The van der Waals surface area contributed by atoms with Crippen LogP contribution in [0.3, 0.4) is 0 Å². The van der Waals surface area contributed by atoms with Crippen molar-refractivity contribution < 1.29 is 13.9 Å². The Hall–Kier alpha value is -3.05. The van der Waals surface area contributed by atoms with Gasteiger partial charge in [0.05, 0.1) is 12.8 Å². The Bertz CT molecular complexity index is 958. The lowest BCUT2D eigenvalue weighted by Crippen LogP contribution is -2.47. The molecule has 1 aliphatic rings. The lowest BCUT2D eigenvalue weighted by atomic mass is 10.1. The number of rotatable bonds is 8. The summed E-state index contributed by atoms with van der Waals surface area (Å²) >= 11 is 0. The first-order valence-electron chi connectivity index (χ1n) is 10.8. The van der Waals surface area contributed by atoms with Gasteiger partial charge in [0.15, 0.2) is 11.6 Å². The van der Waals surface area contributed by atoms with Crippen molar-refractivity contribution in [2.45, 2.75) is 12.5 Å². The normalized spacial score (nSPS) is 15.5. The van der Waals surface area contributed by atoms with E-state index in [-0.39, 0.29) is 11.9 Å².